The lowest BCUT2D eigenvalue weighted by Gasteiger charge is -2.21. The minimum Gasteiger partial charge on any atom is -0.391 e. The minimum absolute atomic E-state index is 0.245. The topological polar surface area (TPSA) is 38.1 Å². The van der Waals surface area contributed by atoms with E-state index in [0.717, 1.165) is 28.7 Å². The van der Waals surface area contributed by atoms with Gasteiger partial charge < -0.3 is 9.67 Å². The summed E-state index contributed by atoms with van der Waals surface area (Å²) in [5.74, 6) is 0.950. The number of aryl methyl sites for hydroxylation is 1. The first-order valence-corrected chi connectivity index (χ1v) is 6.52. The second-order valence-corrected chi connectivity index (χ2v) is 5.30. The van der Waals surface area contributed by atoms with Crippen molar-refractivity contribution < 1.29 is 5.11 Å². The Kier molecular flexibility index (Phi) is 2.76. The van der Waals surface area contributed by atoms with Crippen LogP contribution < -0.4 is 0 Å². The number of hydrogen-bond donors (Lipinski definition) is 1. The number of fused-ring (bicyclic) bond motifs is 1. The minimum atomic E-state index is -0.245. The number of hydrogen-bond acceptors (Lipinski definition) is 2. The Morgan fingerprint density at radius 3 is 2.82 bits per heavy atom. The van der Waals surface area contributed by atoms with Gasteiger partial charge in [0.2, 0.25) is 0 Å². The van der Waals surface area contributed by atoms with Crippen molar-refractivity contribution in [2.45, 2.75) is 25.5 Å². The Morgan fingerprint density at radius 1 is 1.29 bits per heavy atom. The monoisotopic (exact) mass is 292 g/mol. The Hall–Kier alpha value is -1.13. The van der Waals surface area contributed by atoms with E-state index in [9.17, 15) is 5.11 Å². The fourth-order valence-corrected chi connectivity index (χ4v) is 2.52. The molecule has 0 spiro atoms. The van der Waals surface area contributed by atoms with E-state index in [4.69, 9.17) is 0 Å². The molecule has 0 saturated heterocycles. The highest BCUT2D eigenvalue weighted by molar-refractivity contribution is 9.10. The maximum absolute atomic E-state index is 9.73. The molecule has 2 heterocycles. The third-order valence-corrected chi connectivity index (χ3v) is 3.70. The van der Waals surface area contributed by atoms with E-state index in [2.05, 4.69) is 25.5 Å². The van der Waals surface area contributed by atoms with Gasteiger partial charge in [-0.15, -0.1) is 0 Å². The first kappa shape index (κ1) is 11.0. The molecule has 1 aliphatic heterocycles. The predicted octanol–water partition coefficient (Wildman–Crippen LogP) is 2.62. The lowest BCUT2D eigenvalue weighted by atomic mass is 10.1. The van der Waals surface area contributed by atoms with Gasteiger partial charge in [-0.3, -0.25) is 0 Å². The molecule has 4 heteroatoms. The van der Waals surface area contributed by atoms with Gasteiger partial charge in [0.25, 0.3) is 0 Å². The average Bonchev–Trinajstić information content (AvgIpc) is 2.73. The molecule has 0 bridgehead atoms. The van der Waals surface area contributed by atoms with Crippen molar-refractivity contribution in [2.75, 3.05) is 0 Å². The standard InChI is InChI=1S/C13H13BrN2O/c14-10-3-1-9(2-4-10)13-15-7-11-5-6-12(17)8-16(11)13/h1-4,7,12,17H,5-6,8H2. The van der Waals surface area contributed by atoms with E-state index < -0.39 is 0 Å². The lowest BCUT2D eigenvalue weighted by Crippen LogP contribution is -2.24. The van der Waals surface area contributed by atoms with Gasteiger partial charge in [0.1, 0.15) is 5.82 Å². The number of rotatable bonds is 1. The molecular weight excluding hydrogens is 280 g/mol. The fourth-order valence-electron chi connectivity index (χ4n) is 2.26. The molecule has 3 rings (SSSR count). The van der Waals surface area contributed by atoms with Crippen LogP contribution in [0.1, 0.15) is 12.1 Å². The van der Waals surface area contributed by atoms with Crippen LogP contribution in [0.25, 0.3) is 11.4 Å². The molecule has 0 amide bonds. The second-order valence-electron chi connectivity index (χ2n) is 4.38. The summed E-state index contributed by atoms with van der Waals surface area (Å²) in [7, 11) is 0. The molecule has 1 N–H and O–H groups in total. The third kappa shape index (κ3) is 2.03. The van der Waals surface area contributed by atoms with Crippen molar-refractivity contribution in [3.8, 4) is 11.4 Å². The van der Waals surface area contributed by atoms with Gasteiger partial charge in [0, 0.05) is 21.9 Å². The van der Waals surface area contributed by atoms with Crippen LogP contribution in [0.5, 0.6) is 0 Å². The van der Waals surface area contributed by atoms with Crippen molar-refractivity contribution in [3.63, 3.8) is 0 Å². The van der Waals surface area contributed by atoms with E-state index in [-0.39, 0.29) is 6.10 Å². The molecule has 0 saturated carbocycles. The number of aromatic nitrogens is 2. The van der Waals surface area contributed by atoms with Gasteiger partial charge >= 0.3 is 0 Å². The normalized spacial score (nSPS) is 19.1. The maximum Gasteiger partial charge on any atom is 0.140 e. The zero-order valence-corrected chi connectivity index (χ0v) is 10.9. The highest BCUT2D eigenvalue weighted by Gasteiger charge is 2.20. The summed E-state index contributed by atoms with van der Waals surface area (Å²) < 4.78 is 3.18. The summed E-state index contributed by atoms with van der Waals surface area (Å²) in [6.45, 7) is 0.654. The van der Waals surface area contributed by atoms with Crippen LogP contribution in [0.4, 0.5) is 0 Å². The maximum atomic E-state index is 9.73. The molecular formula is C13H13BrN2O. The third-order valence-electron chi connectivity index (χ3n) is 3.17. The zero-order chi connectivity index (χ0) is 11.8. The van der Waals surface area contributed by atoms with E-state index in [0.29, 0.717) is 6.54 Å². The van der Waals surface area contributed by atoms with Crippen molar-refractivity contribution in [1.82, 2.24) is 9.55 Å². The second kappa shape index (κ2) is 4.27. The summed E-state index contributed by atoms with van der Waals surface area (Å²) in [5, 5.41) is 9.73. The lowest BCUT2D eigenvalue weighted by molar-refractivity contribution is 0.132. The molecule has 0 fully saturated rings. The number of benzene rings is 1. The molecule has 1 aliphatic rings. The van der Waals surface area contributed by atoms with Crippen LogP contribution in [-0.4, -0.2) is 20.8 Å². The highest BCUT2D eigenvalue weighted by Crippen LogP contribution is 2.25. The van der Waals surface area contributed by atoms with Gasteiger partial charge in [0.05, 0.1) is 12.6 Å². The smallest absolute Gasteiger partial charge is 0.140 e. The van der Waals surface area contributed by atoms with Crippen LogP contribution in [0.3, 0.4) is 0 Å². The summed E-state index contributed by atoms with van der Waals surface area (Å²) in [5.41, 5.74) is 2.31. The summed E-state index contributed by atoms with van der Waals surface area (Å²) in [4.78, 5) is 4.47. The van der Waals surface area contributed by atoms with Gasteiger partial charge in [-0.1, -0.05) is 28.1 Å². The molecule has 0 radical (unpaired) electrons. The molecule has 1 unspecified atom stereocenters. The van der Waals surface area contributed by atoms with E-state index in [1.54, 1.807) is 0 Å². The number of aliphatic hydroxyl groups excluding tert-OH is 1. The largest absolute Gasteiger partial charge is 0.391 e. The quantitative estimate of drug-likeness (QED) is 0.877. The van der Waals surface area contributed by atoms with Crippen LogP contribution in [0.2, 0.25) is 0 Å². The number of imidazole rings is 1. The van der Waals surface area contributed by atoms with Crippen LogP contribution in [0, 0.1) is 0 Å². The van der Waals surface area contributed by atoms with Crippen molar-refractivity contribution in [2.24, 2.45) is 0 Å². The molecule has 1 atom stereocenters. The van der Waals surface area contributed by atoms with Gasteiger partial charge in [-0.05, 0) is 25.0 Å². The molecule has 3 nitrogen and oxygen atoms in total. The molecule has 2 aromatic rings. The van der Waals surface area contributed by atoms with Gasteiger partial charge in [-0.2, -0.15) is 0 Å². The Bertz CT molecular complexity index is 533. The Morgan fingerprint density at radius 2 is 2.06 bits per heavy atom. The summed E-state index contributed by atoms with van der Waals surface area (Å²) in [6, 6.07) is 8.10. The number of aliphatic hydroxyl groups is 1. The zero-order valence-electron chi connectivity index (χ0n) is 9.31. The van der Waals surface area contributed by atoms with Crippen molar-refractivity contribution in [3.05, 3.63) is 40.6 Å². The molecule has 88 valence electrons. The first-order chi connectivity index (χ1) is 8.24. The van der Waals surface area contributed by atoms with Crippen LogP contribution in [0.15, 0.2) is 34.9 Å². The van der Waals surface area contributed by atoms with E-state index in [1.165, 1.54) is 5.69 Å². The molecule has 17 heavy (non-hydrogen) atoms. The van der Waals surface area contributed by atoms with E-state index >= 15 is 0 Å². The van der Waals surface area contributed by atoms with Gasteiger partial charge in [-0.25, -0.2) is 4.98 Å². The SMILES string of the molecule is OC1CCc2cnc(-c3ccc(Br)cc3)n2C1. The van der Waals surface area contributed by atoms with Crippen molar-refractivity contribution >= 4 is 15.9 Å². The highest BCUT2D eigenvalue weighted by atomic mass is 79.9. The number of nitrogens with zero attached hydrogens (tertiary/aromatic N) is 2. The van der Waals surface area contributed by atoms with Crippen LogP contribution >= 0.6 is 15.9 Å². The Balaban J connectivity index is 2.04. The van der Waals surface area contributed by atoms with Gasteiger partial charge in [0.15, 0.2) is 0 Å². The molecule has 1 aromatic carbocycles. The van der Waals surface area contributed by atoms with Crippen molar-refractivity contribution in [1.29, 1.82) is 0 Å². The first-order valence-electron chi connectivity index (χ1n) is 5.72. The summed E-state index contributed by atoms with van der Waals surface area (Å²) in [6.07, 6.45) is 3.42. The van der Waals surface area contributed by atoms with E-state index in [1.807, 2.05) is 30.5 Å². The van der Waals surface area contributed by atoms with Crippen LogP contribution in [-0.2, 0) is 13.0 Å². The summed E-state index contributed by atoms with van der Waals surface area (Å²) >= 11 is 3.43. The number of halogens is 1. The molecule has 1 aromatic heterocycles. The Labute approximate surface area is 108 Å². The average molecular weight is 293 g/mol. The molecule has 0 aliphatic carbocycles. The predicted molar refractivity (Wildman–Crippen MR) is 69.7 cm³/mol. The fraction of sp³-hybridized carbons (Fsp3) is 0.308.